The molecule has 5 aromatic rings. The number of pyridine rings is 1. The van der Waals surface area contributed by atoms with Crippen molar-refractivity contribution in [2.24, 2.45) is 0 Å². The number of carbonyl (C=O) groups excluding carboxylic acids is 2. The minimum Gasteiger partial charge on any atom is -0.487 e. The van der Waals surface area contributed by atoms with Gasteiger partial charge in [-0.05, 0) is 43.7 Å². The van der Waals surface area contributed by atoms with E-state index in [1.54, 1.807) is 13.0 Å². The number of rotatable bonds is 10. The predicted octanol–water partition coefficient (Wildman–Crippen LogP) is 4.50. The SMILES string of the molecule is COc1cnc2c(-c3nc4cc(F)c(OCCOC(=O)Nc5ccc(C(=O)NCC(C)O)nc5)cc4s3)cc(C)cc2n1. The number of fused-ring (bicyclic) bond motifs is 2. The highest BCUT2D eigenvalue weighted by atomic mass is 32.1. The van der Waals surface area contributed by atoms with E-state index in [-0.39, 0.29) is 31.2 Å². The van der Waals surface area contributed by atoms with Gasteiger partial charge in [0.25, 0.3) is 5.91 Å². The number of nitrogens with one attached hydrogen (secondary N) is 2. The van der Waals surface area contributed by atoms with Crippen molar-refractivity contribution in [3.63, 3.8) is 0 Å². The van der Waals surface area contributed by atoms with Crippen LogP contribution in [0.4, 0.5) is 14.9 Å². The number of thiazole rings is 1. The summed E-state index contributed by atoms with van der Waals surface area (Å²) in [6, 6.07) is 9.63. The Balaban J connectivity index is 1.18. The molecule has 3 aromatic heterocycles. The molecule has 0 aliphatic carbocycles. The van der Waals surface area contributed by atoms with Crippen molar-refractivity contribution >= 4 is 50.3 Å². The fraction of sp³-hybridized carbons (Fsp3) is 0.241. The number of aliphatic hydroxyl groups excluding tert-OH is 1. The molecule has 1 unspecified atom stereocenters. The summed E-state index contributed by atoms with van der Waals surface area (Å²) in [5.74, 6) is -0.651. The third kappa shape index (κ3) is 7.10. The van der Waals surface area contributed by atoms with Crippen LogP contribution in [-0.4, -0.2) is 70.0 Å². The third-order valence-corrected chi connectivity index (χ3v) is 7.08. The van der Waals surface area contributed by atoms with Gasteiger partial charge in [-0.3, -0.25) is 10.1 Å². The number of carbonyl (C=O) groups is 2. The van der Waals surface area contributed by atoms with E-state index in [9.17, 15) is 19.1 Å². The molecule has 0 saturated carbocycles. The van der Waals surface area contributed by atoms with Crippen molar-refractivity contribution in [3.05, 3.63) is 65.9 Å². The monoisotopic (exact) mass is 606 g/mol. The van der Waals surface area contributed by atoms with Gasteiger partial charge < -0.3 is 24.6 Å². The minimum atomic E-state index is -0.772. The zero-order valence-corrected chi connectivity index (χ0v) is 24.2. The van der Waals surface area contributed by atoms with Crippen molar-refractivity contribution in [3.8, 4) is 22.2 Å². The van der Waals surface area contributed by atoms with E-state index in [2.05, 4.69) is 30.6 Å². The highest BCUT2D eigenvalue weighted by Crippen LogP contribution is 2.37. The number of benzene rings is 2. The first kappa shape index (κ1) is 29.5. The molecule has 0 radical (unpaired) electrons. The van der Waals surface area contributed by atoms with Gasteiger partial charge in [0.05, 0.1) is 52.5 Å². The normalized spacial score (nSPS) is 11.7. The zero-order valence-electron chi connectivity index (χ0n) is 23.4. The van der Waals surface area contributed by atoms with Crippen LogP contribution in [0.15, 0.2) is 48.8 Å². The molecule has 3 heterocycles. The molecule has 0 bridgehead atoms. The van der Waals surface area contributed by atoms with Gasteiger partial charge >= 0.3 is 6.09 Å². The van der Waals surface area contributed by atoms with Gasteiger partial charge in [-0.15, -0.1) is 11.3 Å². The summed E-state index contributed by atoms with van der Waals surface area (Å²) in [5.41, 5.74) is 3.96. The van der Waals surface area contributed by atoms with Crippen LogP contribution < -0.4 is 20.1 Å². The second-order valence-electron chi connectivity index (χ2n) is 9.46. The fourth-order valence-corrected chi connectivity index (χ4v) is 5.03. The molecule has 14 heteroatoms. The topological polar surface area (TPSA) is 158 Å². The number of aryl methyl sites for hydroxylation is 1. The molecule has 5 rings (SSSR count). The first-order chi connectivity index (χ1) is 20.7. The highest BCUT2D eigenvalue weighted by molar-refractivity contribution is 7.21. The van der Waals surface area contributed by atoms with Gasteiger partial charge in [-0.1, -0.05) is 0 Å². The third-order valence-electron chi connectivity index (χ3n) is 6.03. The van der Waals surface area contributed by atoms with E-state index in [1.807, 2.05) is 19.1 Å². The highest BCUT2D eigenvalue weighted by Gasteiger charge is 2.16. The lowest BCUT2D eigenvalue weighted by Crippen LogP contribution is -2.31. The number of ether oxygens (including phenoxy) is 3. The molecule has 12 nitrogen and oxygen atoms in total. The molecule has 2 amide bonds. The van der Waals surface area contributed by atoms with E-state index in [4.69, 9.17) is 14.2 Å². The Morgan fingerprint density at radius 3 is 2.65 bits per heavy atom. The quantitative estimate of drug-likeness (QED) is 0.193. The minimum absolute atomic E-state index is 0.000932. The van der Waals surface area contributed by atoms with E-state index < -0.39 is 23.9 Å². The van der Waals surface area contributed by atoms with Crippen molar-refractivity contribution in [1.29, 1.82) is 0 Å². The molecule has 0 saturated heterocycles. The average molecular weight is 607 g/mol. The van der Waals surface area contributed by atoms with Crippen LogP contribution in [0.3, 0.4) is 0 Å². The summed E-state index contributed by atoms with van der Waals surface area (Å²) in [7, 11) is 1.53. The summed E-state index contributed by atoms with van der Waals surface area (Å²) in [5, 5.41) is 14.9. The summed E-state index contributed by atoms with van der Waals surface area (Å²) in [4.78, 5) is 41.7. The van der Waals surface area contributed by atoms with E-state index in [0.717, 1.165) is 11.1 Å². The number of nitrogens with zero attached hydrogens (tertiary/aromatic N) is 4. The largest absolute Gasteiger partial charge is 0.487 e. The maximum Gasteiger partial charge on any atom is 0.411 e. The van der Waals surface area contributed by atoms with Crippen LogP contribution in [0.5, 0.6) is 11.6 Å². The summed E-state index contributed by atoms with van der Waals surface area (Å²) in [6.45, 7) is 3.34. The maximum absolute atomic E-state index is 14.8. The number of aromatic nitrogens is 4. The van der Waals surface area contributed by atoms with Gasteiger partial charge in [-0.25, -0.2) is 29.1 Å². The van der Waals surface area contributed by atoms with Crippen molar-refractivity contribution in [1.82, 2.24) is 25.3 Å². The van der Waals surface area contributed by atoms with Crippen LogP contribution in [0.1, 0.15) is 23.0 Å². The number of aliphatic hydroxyl groups is 1. The Labute approximate surface area is 248 Å². The molecule has 0 aliphatic heterocycles. The summed E-state index contributed by atoms with van der Waals surface area (Å²) >= 11 is 1.36. The molecule has 43 heavy (non-hydrogen) atoms. The van der Waals surface area contributed by atoms with Crippen LogP contribution in [0, 0.1) is 12.7 Å². The number of hydrogen-bond donors (Lipinski definition) is 3. The number of anilines is 1. The predicted molar refractivity (Wildman–Crippen MR) is 158 cm³/mol. The van der Waals surface area contributed by atoms with Gasteiger partial charge in [0.15, 0.2) is 11.6 Å². The Morgan fingerprint density at radius 1 is 1.07 bits per heavy atom. The lowest BCUT2D eigenvalue weighted by molar-refractivity contribution is 0.0919. The smallest absolute Gasteiger partial charge is 0.411 e. The lowest BCUT2D eigenvalue weighted by Gasteiger charge is -2.10. The first-order valence-electron chi connectivity index (χ1n) is 13.1. The zero-order chi connectivity index (χ0) is 30.5. The van der Waals surface area contributed by atoms with Gasteiger partial charge in [0.1, 0.15) is 23.9 Å². The lowest BCUT2D eigenvalue weighted by atomic mass is 10.1. The van der Waals surface area contributed by atoms with Gasteiger partial charge in [0.2, 0.25) is 5.88 Å². The number of hydrogen-bond acceptors (Lipinski definition) is 11. The Hall–Kier alpha value is -4.95. The summed E-state index contributed by atoms with van der Waals surface area (Å²) < 4.78 is 31.4. The number of halogens is 1. The van der Waals surface area contributed by atoms with Crippen molar-refractivity contribution in [2.45, 2.75) is 20.0 Å². The molecule has 2 aromatic carbocycles. The van der Waals surface area contributed by atoms with Crippen LogP contribution >= 0.6 is 11.3 Å². The maximum atomic E-state index is 14.8. The molecule has 3 N–H and O–H groups in total. The van der Waals surface area contributed by atoms with Gasteiger partial charge in [-0.2, -0.15) is 0 Å². The number of amides is 2. The molecule has 0 fully saturated rings. The molecule has 1 atom stereocenters. The fourth-order valence-electron chi connectivity index (χ4n) is 4.04. The molecular formula is C29H27FN6O6S. The molecular weight excluding hydrogens is 579 g/mol. The Kier molecular flexibility index (Phi) is 8.87. The molecule has 222 valence electrons. The average Bonchev–Trinajstić information content (AvgIpc) is 3.40. The number of methoxy groups -OCH3 is 1. The molecule has 0 aliphatic rings. The first-order valence-corrected chi connectivity index (χ1v) is 13.9. The van der Waals surface area contributed by atoms with Gasteiger partial charge in [0, 0.05) is 24.2 Å². The second kappa shape index (κ2) is 12.9. The van der Waals surface area contributed by atoms with Crippen LogP contribution in [0.2, 0.25) is 0 Å². The Morgan fingerprint density at radius 2 is 1.91 bits per heavy atom. The van der Waals surface area contributed by atoms with Crippen LogP contribution in [0.25, 0.3) is 31.8 Å². The van der Waals surface area contributed by atoms with Crippen molar-refractivity contribution in [2.75, 3.05) is 32.2 Å². The van der Waals surface area contributed by atoms with Crippen molar-refractivity contribution < 1.29 is 33.3 Å². The van der Waals surface area contributed by atoms with E-state index in [1.165, 1.54) is 49.0 Å². The standard InChI is InChI=1S/C29H27FN6O6S/c1-15-8-18(26-22(9-15)35-25(40-3)14-32-26)28-36-21-10-19(30)23(11-24(21)43-28)41-6-7-42-29(39)34-17-4-5-20(31-13-17)27(38)33-12-16(2)37/h4-5,8-11,13-14,16,37H,6-7,12H2,1-3H3,(H,33,38)(H,34,39). The van der Waals surface area contributed by atoms with E-state index >= 15 is 0 Å². The van der Waals surface area contributed by atoms with Crippen LogP contribution in [-0.2, 0) is 4.74 Å². The molecule has 0 spiro atoms. The Bertz CT molecular complexity index is 1800. The summed E-state index contributed by atoms with van der Waals surface area (Å²) in [6.07, 6.45) is 1.38. The second-order valence-corrected chi connectivity index (χ2v) is 10.5. The van der Waals surface area contributed by atoms with E-state index in [0.29, 0.717) is 37.8 Å².